The minimum Gasteiger partial charge on any atom is -0.494 e. The van der Waals surface area contributed by atoms with Gasteiger partial charge >= 0.3 is 0 Å². The highest BCUT2D eigenvalue weighted by molar-refractivity contribution is 6.20. The molecule has 1 aromatic rings. The monoisotopic (exact) mass is 273 g/mol. The van der Waals surface area contributed by atoms with Crippen LogP contribution in [-0.2, 0) is 0 Å². The number of ether oxygens (including phenoxy) is 1. The summed E-state index contributed by atoms with van der Waals surface area (Å²) in [6, 6.07) is 4.03. The molecule has 0 aliphatic heterocycles. The van der Waals surface area contributed by atoms with Crippen LogP contribution in [0.3, 0.4) is 0 Å². The summed E-state index contributed by atoms with van der Waals surface area (Å²) in [6.45, 7) is 2.46. The lowest BCUT2D eigenvalue weighted by atomic mass is 10.2. The van der Waals surface area contributed by atoms with Crippen LogP contribution in [0.25, 0.3) is 0 Å². The van der Waals surface area contributed by atoms with Gasteiger partial charge in [-0.05, 0) is 38.0 Å². The summed E-state index contributed by atoms with van der Waals surface area (Å²) in [5.41, 5.74) is 0.382. The van der Waals surface area contributed by atoms with Gasteiger partial charge in [0.15, 0.2) is 11.6 Å². The third-order valence-corrected chi connectivity index (χ3v) is 2.70. The van der Waals surface area contributed by atoms with Crippen molar-refractivity contribution < 1.29 is 13.9 Å². The molecular weight excluding hydrogens is 257 g/mol. The van der Waals surface area contributed by atoms with Crippen molar-refractivity contribution in [1.82, 2.24) is 5.32 Å². The van der Waals surface area contributed by atoms with E-state index >= 15 is 0 Å². The molecule has 1 N–H and O–H groups in total. The number of hydrogen-bond acceptors (Lipinski definition) is 2. The maximum atomic E-state index is 13.2. The number of methoxy groups -OCH3 is 1. The van der Waals surface area contributed by atoms with Gasteiger partial charge in [0.05, 0.1) is 7.11 Å². The molecule has 0 bridgehead atoms. The van der Waals surface area contributed by atoms with Gasteiger partial charge in [-0.2, -0.15) is 0 Å². The van der Waals surface area contributed by atoms with Crippen molar-refractivity contribution in [1.29, 1.82) is 0 Å². The lowest BCUT2D eigenvalue weighted by Crippen LogP contribution is -2.24. The Morgan fingerprint density at radius 1 is 1.56 bits per heavy atom. The Morgan fingerprint density at radius 2 is 2.28 bits per heavy atom. The fraction of sp³-hybridized carbons (Fsp3) is 0.462. The highest BCUT2D eigenvalue weighted by Gasteiger charge is 2.09. The van der Waals surface area contributed by atoms with Gasteiger partial charge in [0.1, 0.15) is 0 Å². The molecule has 1 amide bonds. The fourth-order valence-corrected chi connectivity index (χ4v) is 1.64. The number of carbonyl (C=O) groups excluding carboxylic acids is 1. The van der Waals surface area contributed by atoms with E-state index < -0.39 is 5.82 Å². The second-order valence-corrected chi connectivity index (χ2v) is 4.77. The standard InChI is InChI=1S/C13H17ClFNO2/c1-9(14)4-3-7-16-13(17)10-5-6-11(15)12(8-10)18-2/h5-6,8-9H,3-4,7H2,1-2H3,(H,16,17). The Kier molecular flexibility index (Phi) is 5.92. The van der Waals surface area contributed by atoms with E-state index in [0.29, 0.717) is 12.1 Å². The van der Waals surface area contributed by atoms with Crippen LogP contribution in [0.15, 0.2) is 18.2 Å². The first kappa shape index (κ1) is 14.8. The summed E-state index contributed by atoms with van der Waals surface area (Å²) in [4.78, 5) is 11.7. The normalized spacial score (nSPS) is 12.0. The van der Waals surface area contributed by atoms with Crippen molar-refractivity contribution in [3.05, 3.63) is 29.6 Å². The third kappa shape index (κ3) is 4.53. The Balaban J connectivity index is 2.51. The van der Waals surface area contributed by atoms with E-state index in [9.17, 15) is 9.18 Å². The fourth-order valence-electron chi connectivity index (χ4n) is 1.49. The SMILES string of the molecule is COc1cc(C(=O)NCCCC(C)Cl)ccc1F. The van der Waals surface area contributed by atoms with Crippen molar-refractivity contribution in [3.8, 4) is 5.75 Å². The lowest BCUT2D eigenvalue weighted by Gasteiger charge is -2.08. The second kappa shape index (κ2) is 7.21. The summed E-state index contributed by atoms with van der Waals surface area (Å²) in [7, 11) is 1.36. The Hall–Kier alpha value is -1.29. The zero-order valence-corrected chi connectivity index (χ0v) is 11.3. The van der Waals surface area contributed by atoms with Gasteiger partial charge < -0.3 is 10.1 Å². The maximum Gasteiger partial charge on any atom is 0.251 e. The van der Waals surface area contributed by atoms with E-state index in [1.165, 1.54) is 25.3 Å². The average Bonchev–Trinajstić information content (AvgIpc) is 2.34. The summed E-state index contributed by atoms with van der Waals surface area (Å²) in [5.74, 6) is -0.655. The number of rotatable bonds is 6. The van der Waals surface area contributed by atoms with Crippen LogP contribution in [0.5, 0.6) is 5.75 Å². The van der Waals surface area contributed by atoms with Crippen molar-refractivity contribution >= 4 is 17.5 Å². The molecule has 0 heterocycles. The molecule has 5 heteroatoms. The first-order valence-corrected chi connectivity index (χ1v) is 6.24. The Labute approximate surface area is 111 Å². The minimum absolute atomic E-state index is 0.0667. The molecule has 1 unspecified atom stereocenters. The van der Waals surface area contributed by atoms with E-state index in [1.807, 2.05) is 6.92 Å². The van der Waals surface area contributed by atoms with Gasteiger partial charge in [0, 0.05) is 17.5 Å². The quantitative estimate of drug-likeness (QED) is 0.639. The van der Waals surface area contributed by atoms with Crippen molar-refractivity contribution in [2.45, 2.75) is 25.1 Å². The highest BCUT2D eigenvalue weighted by Crippen LogP contribution is 2.18. The molecule has 0 fully saturated rings. The van der Waals surface area contributed by atoms with E-state index in [4.69, 9.17) is 16.3 Å². The molecule has 3 nitrogen and oxygen atoms in total. The van der Waals surface area contributed by atoms with E-state index in [2.05, 4.69) is 5.32 Å². The topological polar surface area (TPSA) is 38.3 Å². The van der Waals surface area contributed by atoms with Crippen LogP contribution in [-0.4, -0.2) is 24.9 Å². The van der Waals surface area contributed by atoms with Crippen molar-refractivity contribution in [2.24, 2.45) is 0 Å². The summed E-state index contributed by atoms with van der Waals surface area (Å²) in [6.07, 6.45) is 1.66. The van der Waals surface area contributed by atoms with Gasteiger partial charge in [-0.25, -0.2) is 4.39 Å². The summed E-state index contributed by atoms with van der Waals surface area (Å²) < 4.78 is 18.0. The van der Waals surface area contributed by atoms with Crippen molar-refractivity contribution in [2.75, 3.05) is 13.7 Å². The molecular formula is C13H17ClFNO2. The third-order valence-electron chi connectivity index (χ3n) is 2.48. The van der Waals surface area contributed by atoms with Gasteiger partial charge in [0.2, 0.25) is 0 Å². The highest BCUT2D eigenvalue weighted by atomic mass is 35.5. The molecule has 18 heavy (non-hydrogen) atoms. The van der Waals surface area contributed by atoms with Crippen LogP contribution in [0.4, 0.5) is 4.39 Å². The molecule has 1 rings (SSSR count). The van der Waals surface area contributed by atoms with E-state index in [0.717, 1.165) is 12.8 Å². The Bertz CT molecular complexity index is 410. The first-order valence-electron chi connectivity index (χ1n) is 5.80. The van der Waals surface area contributed by atoms with E-state index in [1.54, 1.807) is 0 Å². The van der Waals surface area contributed by atoms with Crippen molar-refractivity contribution in [3.63, 3.8) is 0 Å². The van der Waals surface area contributed by atoms with Crippen LogP contribution in [0.1, 0.15) is 30.1 Å². The Morgan fingerprint density at radius 3 is 2.89 bits per heavy atom. The molecule has 0 aromatic heterocycles. The molecule has 100 valence electrons. The number of carbonyl (C=O) groups is 1. The van der Waals surface area contributed by atoms with Gasteiger partial charge in [-0.15, -0.1) is 11.6 Å². The molecule has 0 spiro atoms. The van der Waals surface area contributed by atoms with Crippen LogP contribution in [0.2, 0.25) is 0 Å². The molecule has 0 radical (unpaired) electrons. The van der Waals surface area contributed by atoms with Gasteiger partial charge in [0.25, 0.3) is 5.91 Å². The summed E-state index contributed by atoms with van der Waals surface area (Å²) in [5, 5.41) is 2.85. The molecule has 1 aromatic carbocycles. The van der Waals surface area contributed by atoms with Gasteiger partial charge in [-0.1, -0.05) is 0 Å². The number of hydrogen-bond donors (Lipinski definition) is 1. The van der Waals surface area contributed by atoms with Gasteiger partial charge in [-0.3, -0.25) is 4.79 Å². The van der Waals surface area contributed by atoms with Crippen LogP contribution in [0, 0.1) is 5.82 Å². The number of nitrogens with one attached hydrogen (secondary N) is 1. The van der Waals surface area contributed by atoms with Crippen LogP contribution >= 0.6 is 11.6 Å². The molecule has 0 aliphatic rings. The molecule has 1 atom stereocenters. The molecule has 0 saturated heterocycles. The number of halogens is 2. The zero-order valence-electron chi connectivity index (χ0n) is 10.5. The molecule has 0 aliphatic carbocycles. The maximum absolute atomic E-state index is 13.2. The largest absolute Gasteiger partial charge is 0.494 e. The number of amides is 1. The average molecular weight is 274 g/mol. The number of benzene rings is 1. The smallest absolute Gasteiger partial charge is 0.251 e. The predicted molar refractivity (Wildman–Crippen MR) is 69.8 cm³/mol. The van der Waals surface area contributed by atoms with Crippen LogP contribution < -0.4 is 10.1 Å². The first-order chi connectivity index (χ1) is 8.54. The van der Waals surface area contributed by atoms with E-state index in [-0.39, 0.29) is 17.0 Å². The lowest BCUT2D eigenvalue weighted by molar-refractivity contribution is 0.0952. The molecule has 0 saturated carbocycles. The number of alkyl halides is 1. The summed E-state index contributed by atoms with van der Waals surface area (Å²) >= 11 is 5.80. The minimum atomic E-state index is -0.481. The zero-order chi connectivity index (χ0) is 13.5. The predicted octanol–water partition coefficient (Wildman–Crippen LogP) is 2.97. The second-order valence-electron chi connectivity index (χ2n) is 4.03.